The molecule has 4 saturated heterocycles. The molecule has 2 spiro atoms. The molecule has 11 rings (SSSR count). The normalized spacial score (nSPS) is 25.2. The highest BCUT2D eigenvalue weighted by atomic mass is 16.5. The number of piperidine rings is 2. The summed E-state index contributed by atoms with van der Waals surface area (Å²) < 4.78 is 6.36. The molecule has 0 radical (unpaired) electrons. The van der Waals surface area contributed by atoms with Crippen molar-refractivity contribution in [1.82, 2.24) is 20.0 Å². The second kappa shape index (κ2) is 14.2. The van der Waals surface area contributed by atoms with Crippen LogP contribution in [0.25, 0.3) is 0 Å². The van der Waals surface area contributed by atoms with E-state index in [0.29, 0.717) is 56.4 Å². The lowest BCUT2D eigenvalue weighted by Gasteiger charge is -2.49. The van der Waals surface area contributed by atoms with E-state index in [1.54, 1.807) is 4.90 Å². The van der Waals surface area contributed by atoms with Crippen LogP contribution in [0.1, 0.15) is 94.1 Å². The molecule has 3 atom stereocenters. The number of carbonyl (C=O) groups is 4. The standard InChI is InChI=1S/C49H51N5O6/c55-35-11-13-37-33(24-35)8-12-36(31-4-2-1-3-5-31)44(37)32-6-9-34(10-7-32)53-28-48(29-53)18-21-51(27-48)26-43(57)52-22-19-49(20-23-52)30-60-45-39-25-54(41-16-17-42(56)50-46(41)58)47(59)38(39)14-15-40(45)49/h1-7,9-11,13-15,24,36,41,44,55H,8,12,16-23,25-30H2,(H,50,56,58)/t36-,41?,44+/m1/s1. The average Bonchev–Trinajstić information content (AvgIpc) is 3.94. The van der Waals surface area contributed by atoms with Gasteiger partial charge in [-0.1, -0.05) is 54.6 Å². The Morgan fingerprint density at radius 1 is 0.833 bits per heavy atom. The number of aryl methyl sites for hydroxylation is 1. The fourth-order valence-electron chi connectivity index (χ4n) is 11.9. The monoisotopic (exact) mass is 805 g/mol. The summed E-state index contributed by atoms with van der Waals surface area (Å²) in [6.07, 6.45) is 5.26. The van der Waals surface area contributed by atoms with Gasteiger partial charge in [0.05, 0.1) is 19.7 Å². The van der Waals surface area contributed by atoms with E-state index >= 15 is 0 Å². The number of imide groups is 1. The number of likely N-dealkylation sites (tertiary alicyclic amines) is 2. The maximum absolute atomic E-state index is 13.7. The van der Waals surface area contributed by atoms with Gasteiger partial charge >= 0.3 is 0 Å². The largest absolute Gasteiger partial charge is 0.508 e. The number of nitrogens with one attached hydrogen (secondary N) is 1. The molecule has 60 heavy (non-hydrogen) atoms. The van der Waals surface area contributed by atoms with Gasteiger partial charge in [-0.05, 0) is 104 Å². The molecule has 4 aromatic rings. The molecule has 6 heterocycles. The quantitative estimate of drug-likeness (QED) is 0.246. The molecule has 7 aliphatic rings. The van der Waals surface area contributed by atoms with Crippen LogP contribution in [0, 0.1) is 5.41 Å². The molecule has 0 aromatic heterocycles. The number of anilines is 1. The number of ether oxygens (including phenoxy) is 1. The molecular weight excluding hydrogens is 755 g/mol. The Kier molecular flexibility index (Phi) is 8.85. The van der Waals surface area contributed by atoms with Gasteiger partial charge < -0.3 is 24.5 Å². The van der Waals surface area contributed by atoms with Crippen LogP contribution >= 0.6 is 0 Å². The second-order valence-electron chi connectivity index (χ2n) is 18.6. The third-order valence-corrected chi connectivity index (χ3v) is 15.2. The van der Waals surface area contributed by atoms with Crippen molar-refractivity contribution >= 4 is 29.3 Å². The van der Waals surface area contributed by atoms with Gasteiger partial charge in [-0.15, -0.1) is 0 Å². The van der Waals surface area contributed by atoms with Gasteiger partial charge in [0.1, 0.15) is 17.5 Å². The minimum Gasteiger partial charge on any atom is -0.508 e. The molecule has 308 valence electrons. The molecule has 0 saturated carbocycles. The van der Waals surface area contributed by atoms with Crippen LogP contribution in [0.5, 0.6) is 11.5 Å². The number of carbonyl (C=O) groups excluding carboxylic acids is 4. The zero-order valence-corrected chi connectivity index (χ0v) is 33.9. The summed E-state index contributed by atoms with van der Waals surface area (Å²) in [5, 5.41) is 12.6. The van der Waals surface area contributed by atoms with E-state index in [1.165, 1.54) is 27.9 Å². The SMILES string of the molecule is O=C1CCC(N2Cc3c(ccc4c3OCC43CCN(C(=O)CN4CCC5(C4)CN(c4ccc([C@@H]6c7ccc(O)cc7CC[C@@H]6c6ccccc6)cc4)C5)CC3)C2=O)C(=O)N1. The van der Waals surface area contributed by atoms with Crippen LogP contribution in [-0.4, -0.2) is 102 Å². The molecule has 4 amide bonds. The van der Waals surface area contributed by atoms with Crippen molar-refractivity contribution in [3.63, 3.8) is 0 Å². The molecular formula is C49H51N5O6. The predicted octanol–water partition coefficient (Wildman–Crippen LogP) is 5.48. The molecule has 0 bridgehead atoms. The lowest BCUT2D eigenvalue weighted by Crippen LogP contribution is -2.58. The maximum Gasteiger partial charge on any atom is 0.255 e. The maximum atomic E-state index is 13.7. The third kappa shape index (κ3) is 6.18. The number of benzene rings is 4. The first-order chi connectivity index (χ1) is 29.2. The minimum absolute atomic E-state index is 0.193. The number of aromatic hydroxyl groups is 1. The van der Waals surface area contributed by atoms with E-state index in [2.05, 4.69) is 75.8 Å². The molecule has 11 heteroatoms. The predicted molar refractivity (Wildman–Crippen MR) is 225 cm³/mol. The fraction of sp³-hybridized carbons (Fsp3) is 0.429. The first-order valence-corrected chi connectivity index (χ1v) is 21.8. The Balaban J connectivity index is 0.696. The Hall–Kier alpha value is -5.68. The van der Waals surface area contributed by atoms with Crippen LogP contribution in [0.15, 0.2) is 84.9 Å². The van der Waals surface area contributed by atoms with E-state index in [4.69, 9.17) is 4.74 Å². The third-order valence-electron chi connectivity index (χ3n) is 15.2. The summed E-state index contributed by atoms with van der Waals surface area (Å²) in [6, 6.07) is 29.2. The highest BCUT2D eigenvalue weighted by molar-refractivity contribution is 6.05. The topological polar surface area (TPSA) is 123 Å². The highest BCUT2D eigenvalue weighted by Gasteiger charge is 2.50. The Morgan fingerprint density at radius 3 is 2.42 bits per heavy atom. The van der Waals surface area contributed by atoms with Crippen molar-refractivity contribution in [2.24, 2.45) is 5.41 Å². The smallest absolute Gasteiger partial charge is 0.255 e. The minimum atomic E-state index is -0.660. The second-order valence-corrected chi connectivity index (χ2v) is 18.6. The summed E-state index contributed by atoms with van der Waals surface area (Å²) in [7, 11) is 0. The summed E-state index contributed by atoms with van der Waals surface area (Å²) in [4.78, 5) is 59.9. The number of hydrogen-bond donors (Lipinski definition) is 2. The van der Waals surface area contributed by atoms with Crippen molar-refractivity contribution in [1.29, 1.82) is 0 Å². The Morgan fingerprint density at radius 2 is 1.63 bits per heavy atom. The summed E-state index contributed by atoms with van der Waals surface area (Å²) in [6.45, 7) is 6.49. The number of phenols is 1. The van der Waals surface area contributed by atoms with Gasteiger partial charge in [-0.2, -0.15) is 0 Å². The van der Waals surface area contributed by atoms with Gasteiger partial charge in [0.25, 0.3) is 5.91 Å². The first kappa shape index (κ1) is 37.3. The zero-order chi connectivity index (χ0) is 40.8. The van der Waals surface area contributed by atoms with Gasteiger partial charge in [-0.3, -0.25) is 29.4 Å². The van der Waals surface area contributed by atoms with Crippen molar-refractivity contribution in [2.75, 3.05) is 57.3 Å². The van der Waals surface area contributed by atoms with Crippen LogP contribution < -0.4 is 15.0 Å². The highest BCUT2D eigenvalue weighted by Crippen LogP contribution is 2.51. The zero-order valence-electron chi connectivity index (χ0n) is 33.9. The summed E-state index contributed by atoms with van der Waals surface area (Å²) in [5.74, 6) is 0.995. The molecule has 11 nitrogen and oxygen atoms in total. The fourth-order valence-corrected chi connectivity index (χ4v) is 11.9. The average molecular weight is 806 g/mol. The first-order valence-electron chi connectivity index (χ1n) is 21.8. The summed E-state index contributed by atoms with van der Waals surface area (Å²) >= 11 is 0. The molecule has 6 aliphatic heterocycles. The number of hydrogen-bond acceptors (Lipinski definition) is 8. The Bertz CT molecular complexity index is 2400. The lowest BCUT2D eigenvalue weighted by molar-refractivity contribution is -0.137. The molecule has 4 fully saturated rings. The number of amides is 4. The van der Waals surface area contributed by atoms with Crippen molar-refractivity contribution in [3.05, 3.63) is 124 Å². The number of rotatable bonds is 6. The van der Waals surface area contributed by atoms with Gasteiger partial charge in [0.2, 0.25) is 17.7 Å². The Labute approximate surface area is 350 Å². The van der Waals surface area contributed by atoms with Crippen molar-refractivity contribution in [3.8, 4) is 11.5 Å². The van der Waals surface area contributed by atoms with E-state index in [9.17, 15) is 24.3 Å². The van der Waals surface area contributed by atoms with Crippen molar-refractivity contribution in [2.45, 2.75) is 74.8 Å². The van der Waals surface area contributed by atoms with E-state index in [-0.39, 0.29) is 40.9 Å². The van der Waals surface area contributed by atoms with E-state index in [0.717, 1.165) is 75.2 Å². The molecule has 2 N–H and O–H groups in total. The van der Waals surface area contributed by atoms with Gasteiger partial charge in [0.15, 0.2) is 0 Å². The van der Waals surface area contributed by atoms with E-state index < -0.39 is 11.9 Å². The number of phenolic OH excluding ortho intramolecular Hbond substituents is 1. The number of fused-ring (bicyclic) bond motifs is 5. The molecule has 1 aliphatic carbocycles. The van der Waals surface area contributed by atoms with Crippen LogP contribution in [-0.2, 0) is 32.8 Å². The molecule has 1 unspecified atom stereocenters. The summed E-state index contributed by atoms with van der Waals surface area (Å²) in [5.41, 5.74) is 9.00. The lowest BCUT2D eigenvalue weighted by atomic mass is 9.69. The van der Waals surface area contributed by atoms with Gasteiger partial charge in [0, 0.05) is 78.3 Å². The van der Waals surface area contributed by atoms with Crippen molar-refractivity contribution < 1.29 is 29.0 Å². The van der Waals surface area contributed by atoms with E-state index in [1.807, 2.05) is 29.2 Å². The van der Waals surface area contributed by atoms with Gasteiger partial charge in [-0.25, -0.2) is 0 Å². The van der Waals surface area contributed by atoms with Crippen LogP contribution in [0.3, 0.4) is 0 Å². The van der Waals surface area contributed by atoms with Crippen LogP contribution in [0.2, 0.25) is 0 Å². The number of nitrogens with zero attached hydrogens (tertiary/aromatic N) is 4. The molecule has 4 aromatic carbocycles. The van der Waals surface area contributed by atoms with Crippen LogP contribution in [0.4, 0.5) is 5.69 Å².